The van der Waals surface area contributed by atoms with Gasteiger partial charge in [0, 0.05) is 6.20 Å². The van der Waals surface area contributed by atoms with Gasteiger partial charge in [-0.1, -0.05) is 18.5 Å². The van der Waals surface area contributed by atoms with E-state index in [0.717, 1.165) is 10.0 Å². The zero-order valence-corrected chi connectivity index (χ0v) is 11.9. The summed E-state index contributed by atoms with van der Waals surface area (Å²) in [5.74, 6) is -1.04. The highest BCUT2D eigenvalue weighted by molar-refractivity contribution is 9.10. The van der Waals surface area contributed by atoms with Crippen molar-refractivity contribution in [2.75, 3.05) is 0 Å². The van der Waals surface area contributed by atoms with E-state index in [2.05, 4.69) is 21.0 Å². The molecule has 0 amide bonds. The van der Waals surface area contributed by atoms with E-state index in [4.69, 9.17) is 16.7 Å². The maximum atomic E-state index is 11.2. The molecule has 0 aliphatic rings. The second-order valence-electron chi connectivity index (χ2n) is 3.73. The molecule has 2 aromatic rings. The van der Waals surface area contributed by atoms with E-state index in [1.165, 1.54) is 6.07 Å². The molecule has 0 radical (unpaired) electrons. The molecule has 0 saturated heterocycles. The van der Waals surface area contributed by atoms with Gasteiger partial charge in [-0.3, -0.25) is 0 Å². The third-order valence-corrected chi connectivity index (χ3v) is 3.42. The highest BCUT2D eigenvalue weighted by Gasteiger charge is 2.14. The molecule has 1 aromatic carbocycles. The van der Waals surface area contributed by atoms with E-state index < -0.39 is 5.97 Å². The maximum Gasteiger partial charge on any atom is 0.337 e. The van der Waals surface area contributed by atoms with Crippen LogP contribution in [0.3, 0.4) is 0 Å². The van der Waals surface area contributed by atoms with Crippen LogP contribution in [-0.2, 0) is 6.42 Å². The summed E-state index contributed by atoms with van der Waals surface area (Å²) in [5.41, 5.74) is 1.56. The van der Waals surface area contributed by atoms with Gasteiger partial charge in [-0.05, 0) is 40.0 Å². The minimum Gasteiger partial charge on any atom is -0.478 e. The van der Waals surface area contributed by atoms with Gasteiger partial charge >= 0.3 is 5.97 Å². The first-order valence-electron chi connectivity index (χ1n) is 5.29. The minimum atomic E-state index is -1.04. The Morgan fingerprint density at radius 1 is 1.56 bits per heavy atom. The fourth-order valence-corrected chi connectivity index (χ4v) is 2.26. The van der Waals surface area contributed by atoms with Crippen LogP contribution < -0.4 is 0 Å². The Morgan fingerprint density at radius 3 is 2.78 bits per heavy atom. The van der Waals surface area contributed by atoms with Crippen molar-refractivity contribution in [3.63, 3.8) is 0 Å². The predicted octanol–water partition coefficient (Wildman–Crippen LogP) is 3.55. The number of carbonyl (C=O) groups is 1. The molecular formula is C12H10BrClN2O2. The zero-order valence-electron chi connectivity index (χ0n) is 9.52. The summed E-state index contributed by atoms with van der Waals surface area (Å²) in [7, 11) is 0. The molecule has 0 aliphatic carbocycles. The first kappa shape index (κ1) is 13.1. The molecule has 0 aliphatic heterocycles. The van der Waals surface area contributed by atoms with Gasteiger partial charge in [0.15, 0.2) is 0 Å². The molecule has 2 rings (SSSR count). The monoisotopic (exact) mass is 328 g/mol. The van der Waals surface area contributed by atoms with Gasteiger partial charge in [0.1, 0.15) is 0 Å². The number of hydrogen-bond donors (Lipinski definition) is 1. The molecule has 94 valence electrons. The predicted molar refractivity (Wildman–Crippen MR) is 72.6 cm³/mol. The highest BCUT2D eigenvalue weighted by atomic mass is 79.9. The minimum absolute atomic E-state index is 0.0950. The van der Waals surface area contributed by atoms with Crippen LogP contribution in [0.25, 0.3) is 5.69 Å². The summed E-state index contributed by atoms with van der Waals surface area (Å²) in [6.07, 6.45) is 4.06. The van der Waals surface area contributed by atoms with E-state index in [1.54, 1.807) is 17.1 Å². The van der Waals surface area contributed by atoms with Crippen molar-refractivity contribution in [1.29, 1.82) is 0 Å². The van der Waals surface area contributed by atoms with E-state index in [9.17, 15) is 4.79 Å². The summed E-state index contributed by atoms with van der Waals surface area (Å²) in [6, 6.07) is 3.36. The van der Waals surface area contributed by atoms with Gasteiger partial charge in [-0.15, -0.1) is 0 Å². The molecule has 0 saturated carbocycles. The molecular weight excluding hydrogens is 320 g/mol. The van der Waals surface area contributed by atoms with Gasteiger partial charge in [-0.25, -0.2) is 9.48 Å². The number of aromatic nitrogens is 2. The number of hydrogen-bond acceptors (Lipinski definition) is 2. The molecule has 4 nitrogen and oxygen atoms in total. The molecule has 18 heavy (non-hydrogen) atoms. The summed E-state index contributed by atoms with van der Waals surface area (Å²) in [6.45, 7) is 1.93. The second kappa shape index (κ2) is 5.12. The Kier molecular flexibility index (Phi) is 3.73. The lowest BCUT2D eigenvalue weighted by Crippen LogP contribution is -2.04. The van der Waals surface area contributed by atoms with Crippen LogP contribution in [0.1, 0.15) is 22.8 Å². The molecule has 0 fully saturated rings. The average molecular weight is 330 g/mol. The van der Waals surface area contributed by atoms with E-state index in [1.807, 2.05) is 13.0 Å². The third-order valence-electron chi connectivity index (χ3n) is 2.56. The molecule has 0 spiro atoms. The number of benzene rings is 1. The fraction of sp³-hybridized carbons (Fsp3) is 0.167. The van der Waals surface area contributed by atoms with Crippen molar-refractivity contribution >= 4 is 33.5 Å². The van der Waals surface area contributed by atoms with Gasteiger partial charge < -0.3 is 5.11 Å². The zero-order chi connectivity index (χ0) is 13.3. The van der Waals surface area contributed by atoms with Crippen molar-refractivity contribution < 1.29 is 9.90 Å². The summed E-state index contributed by atoms with van der Waals surface area (Å²) in [4.78, 5) is 11.2. The standard InChI is InChI=1S/C12H10BrClN2O2/c1-2-7-3-9(16-6-8(13)5-15-16)4-10(11(7)14)12(17)18/h3-6H,2H2,1H3,(H,17,18). The summed E-state index contributed by atoms with van der Waals surface area (Å²) >= 11 is 9.35. The maximum absolute atomic E-state index is 11.2. The summed E-state index contributed by atoms with van der Waals surface area (Å²) in [5, 5.41) is 13.6. The van der Waals surface area contributed by atoms with Crippen LogP contribution in [0, 0.1) is 0 Å². The normalized spacial score (nSPS) is 10.6. The van der Waals surface area contributed by atoms with E-state index in [0.29, 0.717) is 17.1 Å². The lowest BCUT2D eigenvalue weighted by atomic mass is 10.1. The largest absolute Gasteiger partial charge is 0.478 e. The topological polar surface area (TPSA) is 55.1 Å². The first-order chi connectivity index (χ1) is 8.52. The van der Waals surface area contributed by atoms with Crippen LogP contribution in [0.4, 0.5) is 0 Å². The Morgan fingerprint density at radius 2 is 2.28 bits per heavy atom. The number of carboxylic acids is 1. The smallest absolute Gasteiger partial charge is 0.337 e. The van der Waals surface area contributed by atoms with Gasteiger partial charge in [0.05, 0.1) is 26.9 Å². The lowest BCUT2D eigenvalue weighted by Gasteiger charge is -2.09. The van der Waals surface area contributed by atoms with Gasteiger partial charge in [0.25, 0.3) is 0 Å². The SMILES string of the molecule is CCc1cc(-n2cc(Br)cn2)cc(C(=O)O)c1Cl. The van der Waals surface area contributed by atoms with Gasteiger partial charge in [0.2, 0.25) is 0 Å². The third kappa shape index (κ3) is 2.42. The van der Waals surface area contributed by atoms with Crippen LogP contribution >= 0.6 is 27.5 Å². The van der Waals surface area contributed by atoms with Gasteiger partial charge in [-0.2, -0.15) is 5.10 Å². The Bertz CT molecular complexity index is 610. The molecule has 1 aromatic heterocycles. The fourth-order valence-electron chi connectivity index (χ4n) is 1.65. The van der Waals surface area contributed by atoms with E-state index in [-0.39, 0.29) is 5.56 Å². The number of carboxylic acid groups (broad SMARTS) is 1. The van der Waals surface area contributed by atoms with Crippen LogP contribution in [0.2, 0.25) is 5.02 Å². The highest BCUT2D eigenvalue weighted by Crippen LogP contribution is 2.26. The molecule has 1 N–H and O–H groups in total. The number of nitrogens with zero attached hydrogens (tertiary/aromatic N) is 2. The molecule has 0 atom stereocenters. The van der Waals surface area contributed by atoms with Crippen molar-refractivity contribution in [3.05, 3.63) is 45.1 Å². The van der Waals surface area contributed by atoms with Crippen LogP contribution in [-0.4, -0.2) is 20.9 Å². The number of rotatable bonds is 3. The Hall–Kier alpha value is -1.33. The van der Waals surface area contributed by atoms with Crippen LogP contribution in [0.5, 0.6) is 0 Å². The van der Waals surface area contributed by atoms with Crippen molar-refractivity contribution in [2.24, 2.45) is 0 Å². The Labute approximate surface area is 117 Å². The first-order valence-corrected chi connectivity index (χ1v) is 6.46. The second-order valence-corrected chi connectivity index (χ2v) is 5.02. The molecule has 0 unspecified atom stereocenters. The number of aromatic carboxylic acids is 1. The lowest BCUT2D eigenvalue weighted by molar-refractivity contribution is 0.0697. The van der Waals surface area contributed by atoms with Crippen molar-refractivity contribution in [1.82, 2.24) is 9.78 Å². The van der Waals surface area contributed by atoms with Crippen molar-refractivity contribution in [3.8, 4) is 5.69 Å². The molecule has 0 bridgehead atoms. The van der Waals surface area contributed by atoms with Crippen molar-refractivity contribution in [2.45, 2.75) is 13.3 Å². The Balaban J connectivity index is 2.62. The van der Waals surface area contributed by atoms with E-state index >= 15 is 0 Å². The molecule has 1 heterocycles. The van der Waals surface area contributed by atoms with Crippen LogP contribution in [0.15, 0.2) is 29.0 Å². The average Bonchev–Trinajstić information content (AvgIpc) is 2.76. The quantitative estimate of drug-likeness (QED) is 0.937. The summed E-state index contributed by atoms with van der Waals surface area (Å²) < 4.78 is 2.43. The molecule has 6 heteroatoms. The number of aryl methyl sites for hydroxylation is 1. The number of halogens is 2.